The van der Waals surface area contributed by atoms with Crippen molar-refractivity contribution in [1.82, 2.24) is 4.90 Å². The molecule has 0 bridgehead atoms. The van der Waals surface area contributed by atoms with Crippen molar-refractivity contribution in [3.8, 4) is 0 Å². The highest BCUT2D eigenvalue weighted by atomic mass is 15.1. The summed E-state index contributed by atoms with van der Waals surface area (Å²) in [4.78, 5) is 2.43. The van der Waals surface area contributed by atoms with Gasteiger partial charge < -0.3 is 0 Å². The SMILES string of the molecule is CN(C)C(C1=C(C2CCCCC2)CCCC1)c1ccccc1. The van der Waals surface area contributed by atoms with E-state index in [4.69, 9.17) is 0 Å². The lowest BCUT2D eigenvalue weighted by Crippen LogP contribution is -2.26. The minimum Gasteiger partial charge on any atom is -0.299 e. The van der Waals surface area contributed by atoms with Gasteiger partial charge in [-0.25, -0.2) is 0 Å². The van der Waals surface area contributed by atoms with Crippen LogP contribution in [-0.4, -0.2) is 19.0 Å². The topological polar surface area (TPSA) is 3.24 Å². The molecule has 1 fully saturated rings. The van der Waals surface area contributed by atoms with Crippen LogP contribution in [0.15, 0.2) is 41.5 Å². The normalized spacial score (nSPS) is 22.1. The minimum absolute atomic E-state index is 0.485. The Hall–Kier alpha value is -1.08. The van der Waals surface area contributed by atoms with Crippen LogP contribution in [0, 0.1) is 5.92 Å². The average Bonchev–Trinajstić information content (AvgIpc) is 2.57. The van der Waals surface area contributed by atoms with Crippen LogP contribution in [0.5, 0.6) is 0 Å². The van der Waals surface area contributed by atoms with Gasteiger partial charge in [-0.2, -0.15) is 0 Å². The summed E-state index contributed by atoms with van der Waals surface area (Å²) in [5.41, 5.74) is 5.07. The summed E-state index contributed by atoms with van der Waals surface area (Å²) in [6.45, 7) is 0. The van der Waals surface area contributed by atoms with Gasteiger partial charge in [0, 0.05) is 0 Å². The van der Waals surface area contributed by atoms with Crippen molar-refractivity contribution < 1.29 is 0 Å². The molecule has 0 aliphatic heterocycles. The van der Waals surface area contributed by atoms with Gasteiger partial charge in [-0.05, 0) is 69.7 Å². The molecule has 2 aliphatic carbocycles. The highest BCUT2D eigenvalue weighted by molar-refractivity contribution is 5.33. The van der Waals surface area contributed by atoms with Crippen molar-refractivity contribution in [3.05, 3.63) is 47.0 Å². The van der Waals surface area contributed by atoms with Gasteiger partial charge in [-0.15, -0.1) is 0 Å². The van der Waals surface area contributed by atoms with Crippen LogP contribution in [0.2, 0.25) is 0 Å². The molecule has 1 aromatic rings. The highest BCUT2D eigenvalue weighted by Crippen LogP contribution is 2.43. The van der Waals surface area contributed by atoms with Gasteiger partial charge in [0.1, 0.15) is 0 Å². The smallest absolute Gasteiger partial charge is 0.0558 e. The predicted molar refractivity (Wildman–Crippen MR) is 94.9 cm³/mol. The van der Waals surface area contributed by atoms with E-state index in [1.807, 2.05) is 5.57 Å². The van der Waals surface area contributed by atoms with Gasteiger partial charge in [0.2, 0.25) is 0 Å². The van der Waals surface area contributed by atoms with Gasteiger partial charge in [0.25, 0.3) is 0 Å². The molecule has 1 aromatic carbocycles. The fourth-order valence-corrected chi connectivity index (χ4v) is 4.63. The van der Waals surface area contributed by atoms with Crippen LogP contribution in [0.4, 0.5) is 0 Å². The molecule has 2 aliphatic rings. The minimum atomic E-state index is 0.485. The zero-order valence-electron chi connectivity index (χ0n) is 14.4. The van der Waals surface area contributed by atoms with Crippen molar-refractivity contribution in [2.45, 2.75) is 63.8 Å². The molecule has 0 radical (unpaired) electrons. The number of hydrogen-bond donors (Lipinski definition) is 0. The summed E-state index contributed by atoms with van der Waals surface area (Å²) < 4.78 is 0. The van der Waals surface area contributed by atoms with E-state index in [0.29, 0.717) is 6.04 Å². The molecule has 22 heavy (non-hydrogen) atoms. The third kappa shape index (κ3) is 3.46. The van der Waals surface area contributed by atoms with Crippen molar-refractivity contribution in [2.24, 2.45) is 5.92 Å². The molecule has 0 saturated heterocycles. The highest BCUT2D eigenvalue weighted by Gasteiger charge is 2.28. The molecule has 0 N–H and O–H groups in total. The summed E-state index contributed by atoms with van der Waals surface area (Å²) in [5.74, 6) is 0.884. The van der Waals surface area contributed by atoms with E-state index in [0.717, 1.165) is 5.92 Å². The quantitative estimate of drug-likeness (QED) is 0.640. The molecule has 1 atom stereocenters. The van der Waals surface area contributed by atoms with Gasteiger partial charge in [-0.1, -0.05) is 55.2 Å². The first-order valence-corrected chi connectivity index (χ1v) is 9.20. The number of nitrogens with zero attached hydrogens (tertiary/aromatic N) is 1. The zero-order chi connectivity index (χ0) is 15.4. The molecule has 120 valence electrons. The Balaban J connectivity index is 1.96. The second-order valence-corrected chi connectivity index (χ2v) is 7.37. The van der Waals surface area contributed by atoms with E-state index in [-0.39, 0.29) is 0 Å². The van der Waals surface area contributed by atoms with E-state index in [2.05, 4.69) is 49.3 Å². The summed E-state index contributed by atoms with van der Waals surface area (Å²) in [6.07, 6.45) is 12.7. The Kier molecular flexibility index (Phi) is 5.36. The van der Waals surface area contributed by atoms with Crippen LogP contribution in [-0.2, 0) is 0 Å². The average molecular weight is 297 g/mol. The van der Waals surface area contributed by atoms with Crippen LogP contribution in [0.3, 0.4) is 0 Å². The lowest BCUT2D eigenvalue weighted by Gasteiger charge is -2.36. The van der Waals surface area contributed by atoms with Gasteiger partial charge in [-0.3, -0.25) is 4.90 Å². The fraction of sp³-hybridized carbons (Fsp3) is 0.619. The summed E-state index contributed by atoms with van der Waals surface area (Å²) >= 11 is 0. The zero-order valence-corrected chi connectivity index (χ0v) is 14.4. The monoisotopic (exact) mass is 297 g/mol. The van der Waals surface area contributed by atoms with Crippen LogP contribution in [0.25, 0.3) is 0 Å². The molecule has 0 heterocycles. The molecule has 0 aromatic heterocycles. The van der Waals surface area contributed by atoms with Crippen molar-refractivity contribution >= 4 is 0 Å². The lowest BCUT2D eigenvalue weighted by molar-refractivity contribution is 0.310. The van der Waals surface area contributed by atoms with E-state index < -0.39 is 0 Å². The van der Waals surface area contributed by atoms with Crippen molar-refractivity contribution in [2.75, 3.05) is 14.1 Å². The lowest BCUT2D eigenvalue weighted by atomic mass is 9.74. The second-order valence-electron chi connectivity index (χ2n) is 7.37. The number of rotatable bonds is 4. The number of allylic oxidation sites excluding steroid dienone is 1. The van der Waals surface area contributed by atoms with E-state index in [1.165, 1.54) is 63.4 Å². The molecule has 1 nitrogen and oxygen atoms in total. The van der Waals surface area contributed by atoms with Crippen molar-refractivity contribution in [1.29, 1.82) is 0 Å². The van der Waals surface area contributed by atoms with Crippen LogP contribution in [0.1, 0.15) is 69.4 Å². The maximum atomic E-state index is 2.43. The number of likely N-dealkylation sites (N-methyl/N-ethyl adjacent to an activating group) is 1. The van der Waals surface area contributed by atoms with Gasteiger partial charge in [0.15, 0.2) is 0 Å². The molecule has 3 rings (SSSR count). The molecule has 0 amide bonds. The number of hydrogen-bond acceptors (Lipinski definition) is 1. The maximum absolute atomic E-state index is 2.43. The molecule has 1 heteroatoms. The standard InChI is InChI=1S/C21H31N/c1-22(2)21(18-13-7-4-8-14-18)20-16-10-9-15-19(20)17-11-5-3-6-12-17/h4,7-8,13-14,17,21H,3,5-6,9-12,15-16H2,1-2H3. The Morgan fingerprint density at radius 2 is 1.55 bits per heavy atom. The van der Waals surface area contributed by atoms with Crippen molar-refractivity contribution in [3.63, 3.8) is 0 Å². The molecule has 0 spiro atoms. The summed E-state index contributed by atoms with van der Waals surface area (Å²) in [6, 6.07) is 11.6. The first-order chi connectivity index (χ1) is 10.8. The fourth-order valence-electron chi connectivity index (χ4n) is 4.63. The third-order valence-electron chi connectivity index (χ3n) is 5.61. The first-order valence-electron chi connectivity index (χ1n) is 9.20. The van der Waals surface area contributed by atoms with Crippen LogP contribution < -0.4 is 0 Å². The van der Waals surface area contributed by atoms with Crippen LogP contribution >= 0.6 is 0 Å². The molecular weight excluding hydrogens is 266 g/mol. The van der Waals surface area contributed by atoms with Gasteiger partial charge >= 0.3 is 0 Å². The van der Waals surface area contributed by atoms with E-state index in [1.54, 1.807) is 5.57 Å². The third-order valence-corrected chi connectivity index (χ3v) is 5.61. The predicted octanol–water partition coefficient (Wildman–Crippen LogP) is 5.74. The second kappa shape index (κ2) is 7.46. The Morgan fingerprint density at radius 1 is 0.864 bits per heavy atom. The molecule has 1 unspecified atom stereocenters. The van der Waals surface area contributed by atoms with E-state index >= 15 is 0 Å². The molecular formula is C21H31N. The number of benzene rings is 1. The molecule has 1 saturated carbocycles. The maximum Gasteiger partial charge on any atom is 0.0558 e. The summed E-state index contributed by atoms with van der Waals surface area (Å²) in [7, 11) is 4.50. The Labute approximate surface area is 136 Å². The Morgan fingerprint density at radius 3 is 2.23 bits per heavy atom. The summed E-state index contributed by atoms with van der Waals surface area (Å²) in [5, 5.41) is 0. The largest absolute Gasteiger partial charge is 0.299 e. The first kappa shape index (κ1) is 15.8. The van der Waals surface area contributed by atoms with E-state index in [9.17, 15) is 0 Å². The van der Waals surface area contributed by atoms with Gasteiger partial charge in [0.05, 0.1) is 6.04 Å². The Bertz CT molecular complexity index is 494.